The van der Waals surface area contributed by atoms with Crippen molar-refractivity contribution in [2.75, 3.05) is 12.8 Å². The Labute approximate surface area is 198 Å². The second-order valence-corrected chi connectivity index (χ2v) is 10.7. The molecule has 3 rings (SSSR count). The van der Waals surface area contributed by atoms with Crippen molar-refractivity contribution in [2.24, 2.45) is 11.7 Å². The third kappa shape index (κ3) is 6.71. The Kier molecular flexibility index (Phi) is 8.52. The zero-order valence-electron chi connectivity index (χ0n) is 18.9. The molecule has 0 spiro atoms. The van der Waals surface area contributed by atoms with Crippen molar-refractivity contribution in [3.05, 3.63) is 71.9 Å². The fraction of sp³-hybridized carbons (Fsp3) is 0.292. The first-order valence-corrected chi connectivity index (χ1v) is 12.7. The molecule has 2 amide bonds. The highest BCUT2D eigenvalue weighted by Crippen LogP contribution is 2.52. The lowest BCUT2D eigenvalue weighted by Gasteiger charge is -2.22. The van der Waals surface area contributed by atoms with E-state index < -0.39 is 31.5 Å². The first-order chi connectivity index (χ1) is 16.2. The minimum atomic E-state index is -3.77. The summed E-state index contributed by atoms with van der Waals surface area (Å²) in [4.78, 5) is 49.0. The Hall–Kier alpha value is -3.10. The van der Waals surface area contributed by atoms with Gasteiger partial charge >= 0.3 is 7.72 Å². The molecular weight excluding hydrogens is 455 g/mol. The number of nitrogens with two attached hydrogens (primary N) is 1. The van der Waals surface area contributed by atoms with Gasteiger partial charge in [-0.2, -0.15) is 0 Å². The molecule has 0 aliphatic carbocycles. The minimum Gasteiger partial charge on any atom is -0.376 e. The molecule has 0 aliphatic heterocycles. The van der Waals surface area contributed by atoms with Crippen LogP contribution in [0.2, 0.25) is 0 Å². The van der Waals surface area contributed by atoms with E-state index in [2.05, 4.69) is 10.3 Å². The maximum atomic E-state index is 13.1. The SMILES string of the molecule is CC(=N)[P+](O)(O)CC(COCc1ccccc1)C(=O)NC(Cc1c[nH]c2ccccc12)C(N)=O. The number of nitrogens with one attached hydrogen (secondary N) is 3. The molecule has 0 saturated heterocycles. The molecular formula is C24H30N4O5P+. The number of hydrogen-bond donors (Lipinski definition) is 6. The molecule has 0 radical (unpaired) electrons. The maximum absolute atomic E-state index is 13.1. The molecule has 0 aliphatic rings. The van der Waals surface area contributed by atoms with Gasteiger partial charge in [-0.3, -0.25) is 15.0 Å². The molecule has 180 valence electrons. The van der Waals surface area contributed by atoms with Crippen LogP contribution in [0.5, 0.6) is 0 Å². The normalized spacial score (nSPS) is 13.4. The third-order valence-corrected chi connectivity index (χ3v) is 7.60. The monoisotopic (exact) mass is 485 g/mol. The van der Waals surface area contributed by atoms with Gasteiger partial charge in [-0.1, -0.05) is 48.5 Å². The highest BCUT2D eigenvalue weighted by molar-refractivity contribution is 7.81. The number of hydrogen-bond acceptors (Lipinski definition) is 6. The summed E-state index contributed by atoms with van der Waals surface area (Å²) in [6, 6.07) is 15.9. The average Bonchev–Trinajstić information content (AvgIpc) is 3.21. The number of rotatable bonds is 12. The summed E-state index contributed by atoms with van der Waals surface area (Å²) in [6.07, 6.45) is 1.58. The van der Waals surface area contributed by atoms with Gasteiger partial charge < -0.3 is 20.8 Å². The second-order valence-electron chi connectivity index (χ2n) is 8.22. The Balaban J connectivity index is 1.72. The lowest BCUT2D eigenvalue weighted by Crippen LogP contribution is -2.49. The first-order valence-electron chi connectivity index (χ1n) is 10.8. The van der Waals surface area contributed by atoms with Gasteiger partial charge in [0.05, 0.1) is 13.2 Å². The van der Waals surface area contributed by atoms with Crippen LogP contribution in [0.3, 0.4) is 0 Å². The summed E-state index contributed by atoms with van der Waals surface area (Å²) >= 11 is 0. The number of primary amides is 1. The number of amides is 2. The fourth-order valence-electron chi connectivity index (χ4n) is 3.58. The molecule has 1 aromatic heterocycles. The van der Waals surface area contributed by atoms with E-state index >= 15 is 0 Å². The molecule has 0 saturated carbocycles. The molecule has 34 heavy (non-hydrogen) atoms. The minimum absolute atomic E-state index is 0.116. The largest absolute Gasteiger partial charge is 0.376 e. The Morgan fingerprint density at radius 3 is 2.50 bits per heavy atom. The number of H-pyrrole nitrogens is 1. The number of para-hydroxylation sites is 1. The van der Waals surface area contributed by atoms with Gasteiger partial charge in [0.25, 0.3) is 0 Å². The molecule has 1 heterocycles. The first kappa shape index (κ1) is 25.5. The highest BCUT2D eigenvalue weighted by atomic mass is 31.2. The number of carbonyl (C=O) groups is 2. The van der Waals surface area contributed by atoms with Gasteiger partial charge in [0.2, 0.25) is 17.3 Å². The third-order valence-electron chi connectivity index (χ3n) is 5.57. The zero-order chi connectivity index (χ0) is 24.7. The van der Waals surface area contributed by atoms with Crippen molar-refractivity contribution < 1.29 is 24.1 Å². The number of ether oxygens (including phenoxy) is 1. The lowest BCUT2D eigenvalue weighted by molar-refractivity contribution is -0.131. The van der Waals surface area contributed by atoms with Crippen molar-refractivity contribution in [3.8, 4) is 0 Å². The van der Waals surface area contributed by atoms with Crippen molar-refractivity contribution in [2.45, 2.75) is 26.0 Å². The van der Waals surface area contributed by atoms with E-state index in [1.807, 2.05) is 54.6 Å². The average molecular weight is 486 g/mol. The smallest absolute Gasteiger partial charge is 0.314 e. The maximum Gasteiger partial charge on any atom is 0.314 e. The summed E-state index contributed by atoms with van der Waals surface area (Å²) in [5.41, 5.74) is 7.90. The fourth-order valence-corrected chi connectivity index (χ4v) is 4.74. The van der Waals surface area contributed by atoms with Crippen LogP contribution in [0, 0.1) is 11.3 Å². The van der Waals surface area contributed by atoms with E-state index in [0.29, 0.717) is 0 Å². The van der Waals surface area contributed by atoms with E-state index in [1.165, 1.54) is 6.92 Å². The van der Waals surface area contributed by atoms with Gasteiger partial charge in [0.15, 0.2) is 0 Å². The summed E-state index contributed by atoms with van der Waals surface area (Å²) in [5.74, 6) is -2.29. The van der Waals surface area contributed by atoms with Crippen LogP contribution in [-0.2, 0) is 27.4 Å². The zero-order valence-corrected chi connectivity index (χ0v) is 19.8. The molecule has 3 aromatic rings. The summed E-state index contributed by atoms with van der Waals surface area (Å²) in [7, 11) is -3.77. The van der Waals surface area contributed by atoms with Gasteiger partial charge in [0.1, 0.15) is 18.1 Å². The van der Waals surface area contributed by atoms with Gasteiger partial charge in [-0.25, -0.2) is 9.79 Å². The van der Waals surface area contributed by atoms with E-state index in [0.717, 1.165) is 22.0 Å². The number of aromatic amines is 1. The van der Waals surface area contributed by atoms with Crippen molar-refractivity contribution >= 4 is 35.9 Å². The Morgan fingerprint density at radius 2 is 1.82 bits per heavy atom. The Bertz CT molecular complexity index is 1150. The van der Waals surface area contributed by atoms with Crippen LogP contribution < -0.4 is 11.1 Å². The Morgan fingerprint density at radius 1 is 1.15 bits per heavy atom. The quantitative estimate of drug-likeness (QED) is 0.171. The predicted octanol–water partition coefficient (Wildman–Crippen LogP) is 2.34. The second kappa shape index (κ2) is 11.4. The van der Waals surface area contributed by atoms with E-state index in [-0.39, 0.29) is 31.2 Å². The van der Waals surface area contributed by atoms with Crippen LogP contribution in [0.15, 0.2) is 60.8 Å². The van der Waals surface area contributed by atoms with E-state index in [4.69, 9.17) is 15.9 Å². The van der Waals surface area contributed by atoms with Gasteiger partial charge in [-0.05, 0) is 17.2 Å². The van der Waals surface area contributed by atoms with Gasteiger partial charge in [-0.15, -0.1) is 0 Å². The van der Waals surface area contributed by atoms with Crippen molar-refractivity contribution in [3.63, 3.8) is 0 Å². The molecule has 9 nitrogen and oxygen atoms in total. The summed E-state index contributed by atoms with van der Waals surface area (Å²) < 4.78 is 5.68. The number of aromatic nitrogens is 1. The molecule has 0 bridgehead atoms. The number of carbonyl (C=O) groups excluding carboxylic acids is 2. The molecule has 0 fully saturated rings. The standard InChI is InChI=1S/C24H29N4O5P/c1-16(25)34(31,32)15-19(14-33-13-17-7-3-2-4-8-17)24(30)28-22(23(26)29)11-18-12-27-21-10-6-5-9-20(18)21/h2-10,12,19,22,25,27,31-32H,11,13-15H2,1H3,(H2-,26,28,29,30)/p+1. The molecule has 2 atom stereocenters. The molecule has 2 aromatic carbocycles. The van der Waals surface area contributed by atoms with Crippen LogP contribution in [0.1, 0.15) is 18.1 Å². The van der Waals surface area contributed by atoms with Crippen LogP contribution in [-0.4, -0.2) is 50.8 Å². The van der Waals surface area contributed by atoms with Crippen LogP contribution in [0.25, 0.3) is 10.9 Å². The summed E-state index contributed by atoms with van der Waals surface area (Å²) in [5, 5.41) is 11.2. The number of fused-ring (bicyclic) bond motifs is 1. The van der Waals surface area contributed by atoms with E-state index in [1.54, 1.807) is 6.20 Å². The molecule has 2 unspecified atom stereocenters. The molecule has 10 heteroatoms. The van der Waals surface area contributed by atoms with Crippen LogP contribution >= 0.6 is 7.72 Å². The number of benzene rings is 2. The van der Waals surface area contributed by atoms with Crippen LogP contribution in [0.4, 0.5) is 0 Å². The van der Waals surface area contributed by atoms with E-state index in [9.17, 15) is 19.4 Å². The molecule has 7 N–H and O–H groups in total. The predicted molar refractivity (Wildman–Crippen MR) is 132 cm³/mol. The van der Waals surface area contributed by atoms with Crippen molar-refractivity contribution in [1.29, 1.82) is 5.41 Å². The summed E-state index contributed by atoms with van der Waals surface area (Å²) in [6.45, 7) is 1.40. The lowest BCUT2D eigenvalue weighted by atomic mass is 10.0. The van der Waals surface area contributed by atoms with Gasteiger partial charge in [0, 0.05) is 30.4 Å². The topological polar surface area (TPSA) is 162 Å². The highest BCUT2D eigenvalue weighted by Gasteiger charge is 2.43. The van der Waals surface area contributed by atoms with Crippen molar-refractivity contribution in [1.82, 2.24) is 10.3 Å².